The van der Waals surface area contributed by atoms with E-state index in [1.807, 2.05) is 0 Å². The van der Waals surface area contributed by atoms with Crippen LogP contribution in [0.15, 0.2) is 22.2 Å². The summed E-state index contributed by atoms with van der Waals surface area (Å²) in [5.74, 6) is 0. The summed E-state index contributed by atoms with van der Waals surface area (Å²) >= 11 is 3.48. The molecule has 0 saturated heterocycles. The minimum Gasteiger partial charge on any atom is -0.281 e. The molecule has 0 fully saturated rings. The Hall–Kier alpha value is -0.991. The first kappa shape index (κ1) is 18.7. The predicted molar refractivity (Wildman–Crippen MR) is 48.2 cm³/mol. The second-order valence-corrected chi connectivity index (χ2v) is 2.60. The van der Waals surface area contributed by atoms with Gasteiger partial charge < -0.3 is 0 Å². The number of allylic oxidation sites excluding steroid dienone is 4. The van der Waals surface area contributed by atoms with Crippen LogP contribution < -0.4 is 0 Å². The standard InChI is InChI=1S/C7H9.3CO.Mn/c1-2-7-5-3-4-6-7;3*1-2;/h3,5H,2,4H2,1H3;;;;. The molecule has 6 radical (unpaired) electrons. The molecule has 0 heterocycles. The molecule has 0 aliphatic heterocycles. The summed E-state index contributed by atoms with van der Waals surface area (Å²) in [4.78, 5) is 22.5. The van der Waals surface area contributed by atoms with Crippen LogP contribution in [-0.4, -0.2) is 20.4 Å². The molecule has 3 nitrogen and oxygen atoms in total. The Morgan fingerprint density at radius 2 is 1.64 bits per heavy atom. The summed E-state index contributed by atoms with van der Waals surface area (Å²) in [5.41, 5.74) is 1.45. The van der Waals surface area contributed by atoms with Crippen molar-refractivity contribution in [2.45, 2.75) is 19.8 Å². The van der Waals surface area contributed by atoms with E-state index in [0.29, 0.717) is 0 Å². The third kappa shape index (κ3) is 9.10. The molecule has 0 spiro atoms. The maximum absolute atomic E-state index is 7.50. The van der Waals surface area contributed by atoms with Crippen LogP contribution in [0.5, 0.6) is 0 Å². The van der Waals surface area contributed by atoms with Gasteiger partial charge in [-0.3, -0.25) is 14.4 Å². The Morgan fingerprint density at radius 3 is 1.79 bits per heavy atom. The van der Waals surface area contributed by atoms with Crippen molar-refractivity contribution in [3.8, 4) is 0 Å². The van der Waals surface area contributed by atoms with Crippen LogP contribution in [0.3, 0.4) is 0 Å². The molecule has 0 N–H and O–H groups in total. The van der Waals surface area contributed by atoms with Crippen LogP contribution >= 0.6 is 0 Å². The quantitative estimate of drug-likeness (QED) is 0.633. The number of carbonyl (C=O) groups excluding carboxylic acids is 3. The fourth-order valence-corrected chi connectivity index (χ4v) is 1.28. The van der Waals surface area contributed by atoms with Gasteiger partial charge in [-0.25, -0.2) is 0 Å². The van der Waals surface area contributed by atoms with E-state index < -0.39 is 0 Å². The topological polar surface area (TPSA) is 51.2 Å². The normalized spacial score (nSPS) is 11.3. The van der Waals surface area contributed by atoms with Gasteiger partial charge in [0.25, 0.3) is 20.4 Å². The first-order valence-corrected chi connectivity index (χ1v) is 4.09. The van der Waals surface area contributed by atoms with Crippen LogP contribution in [-0.2, 0) is 30.4 Å². The molecule has 14 heavy (non-hydrogen) atoms. The Kier molecular flexibility index (Phi) is 24.0. The van der Waals surface area contributed by atoms with Crippen molar-refractivity contribution in [1.82, 2.24) is 0 Å². The molecule has 1 aliphatic carbocycles. The zero-order chi connectivity index (χ0) is 12.0. The van der Waals surface area contributed by atoms with Crippen molar-refractivity contribution in [2.75, 3.05) is 0 Å². The third-order valence-corrected chi connectivity index (χ3v) is 1.97. The molecule has 1 rings (SSSR count). The van der Waals surface area contributed by atoms with Gasteiger partial charge in [-0.1, -0.05) is 0 Å². The van der Waals surface area contributed by atoms with Gasteiger partial charge in [-0.2, -0.15) is 0 Å². The van der Waals surface area contributed by atoms with E-state index >= 15 is 0 Å². The van der Waals surface area contributed by atoms with Crippen LogP contribution in [0.1, 0.15) is 19.8 Å². The fraction of sp³-hybridized carbons (Fsp3) is 0.300. The SMILES string of the molecule is CCC1=[C]([Mn])CC=C1.[C]=O.[C]=O.[C]=O. The minimum absolute atomic E-state index is 1.10. The molecule has 74 valence electrons. The van der Waals surface area contributed by atoms with E-state index in [9.17, 15) is 0 Å². The maximum Gasteiger partial charge on any atom is 0.281 e. The van der Waals surface area contributed by atoms with Crippen molar-refractivity contribution >= 4 is 20.4 Å². The van der Waals surface area contributed by atoms with Gasteiger partial charge in [0.2, 0.25) is 0 Å². The molecule has 1 aliphatic rings. The van der Waals surface area contributed by atoms with Crippen molar-refractivity contribution in [3.63, 3.8) is 0 Å². The van der Waals surface area contributed by atoms with Crippen LogP contribution in [0.4, 0.5) is 0 Å². The zero-order valence-electron chi connectivity index (χ0n) is 7.67. The Labute approximate surface area is 93.1 Å². The van der Waals surface area contributed by atoms with E-state index in [1.54, 1.807) is 0 Å². The van der Waals surface area contributed by atoms with E-state index in [0.717, 1.165) is 12.8 Å². The molecule has 0 atom stereocenters. The average Bonchev–Trinajstić information content (AvgIpc) is 2.72. The third-order valence-electron chi connectivity index (χ3n) is 1.35. The van der Waals surface area contributed by atoms with E-state index in [1.165, 1.54) is 10.0 Å². The Balaban J connectivity index is -0.000000174. The van der Waals surface area contributed by atoms with E-state index in [4.69, 9.17) is 14.4 Å². The van der Waals surface area contributed by atoms with Crippen molar-refractivity contribution in [3.05, 3.63) is 22.2 Å². The second-order valence-electron chi connectivity index (χ2n) is 1.89. The summed E-state index contributed by atoms with van der Waals surface area (Å²) in [6.07, 6.45) is 6.62. The van der Waals surface area contributed by atoms with Crippen LogP contribution in [0.2, 0.25) is 0 Å². The maximum atomic E-state index is 7.50. The van der Waals surface area contributed by atoms with Gasteiger partial charge in [0.15, 0.2) is 0 Å². The summed E-state index contributed by atoms with van der Waals surface area (Å²) in [6, 6.07) is 0. The van der Waals surface area contributed by atoms with Crippen LogP contribution in [0, 0.1) is 0 Å². The summed E-state index contributed by atoms with van der Waals surface area (Å²) < 4.78 is 1.36. The second kappa shape index (κ2) is 17.9. The molecule has 0 aromatic carbocycles. The minimum atomic E-state index is 1.10. The zero-order valence-corrected chi connectivity index (χ0v) is 8.85. The molecule has 0 bridgehead atoms. The molecule has 0 unspecified atom stereocenters. The summed E-state index contributed by atoms with van der Waals surface area (Å²) in [6.45, 7) is 15.7. The molecule has 0 aromatic heterocycles. The van der Waals surface area contributed by atoms with Crippen molar-refractivity contribution in [2.24, 2.45) is 0 Å². The predicted octanol–water partition coefficient (Wildman–Crippen LogP) is 0.966. The number of rotatable bonds is 1. The molecule has 0 saturated carbocycles. The molecular weight excluding hydrogens is 223 g/mol. The van der Waals surface area contributed by atoms with Gasteiger partial charge in [0, 0.05) is 0 Å². The first-order chi connectivity index (χ1) is 6.84. The van der Waals surface area contributed by atoms with Crippen molar-refractivity contribution in [1.29, 1.82) is 0 Å². The van der Waals surface area contributed by atoms with Gasteiger partial charge >= 0.3 is 58.0 Å². The molecule has 4 heteroatoms. The first-order valence-electron chi connectivity index (χ1n) is 3.50. The Bertz CT molecular complexity index is 183. The fourth-order valence-electron chi connectivity index (χ4n) is 0.836. The van der Waals surface area contributed by atoms with Crippen molar-refractivity contribution < 1.29 is 30.4 Å². The van der Waals surface area contributed by atoms with Gasteiger partial charge in [0.1, 0.15) is 0 Å². The monoisotopic (exact) mass is 232 g/mol. The van der Waals surface area contributed by atoms with Gasteiger partial charge in [-0.15, -0.1) is 0 Å². The largest absolute Gasteiger partial charge is 0.281 e. The average molecular weight is 232 g/mol. The summed E-state index contributed by atoms with van der Waals surface area (Å²) in [5, 5.41) is 0. The Morgan fingerprint density at radius 1 is 1.21 bits per heavy atom. The summed E-state index contributed by atoms with van der Waals surface area (Å²) in [7, 11) is 0. The smallest absolute Gasteiger partial charge is 0.281 e. The van der Waals surface area contributed by atoms with E-state index in [-0.39, 0.29) is 0 Å². The van der Waals surface area contributed by atoms with Gasteiger partial charge in [-0.05, 0) is 0 Å². The molecule has 0 aromatic rings. The molecule has 0 amide bonds. The number of hydrogen-bond donors (Lipinski definition) is 0. The number of hydrogen-bond acceptors (Lipinski definition) is 3. The van der Waals surface area contributed by atoms with E-state index in [2.05, 4.69) is 55.5 Å². The van der Waals surface area contributed by atoms with Crippen LogP contribution in [0.25, 0.3) is 0 Å². The molecular formula is C10H9MnO3. The van der Waals surface area contributed by atoms with Gasteiger partial charge in [0.05, 0.1) is 0 Å².